The fourth-order valence-electron chi connectivity index (χ4n) is 2.54. The van der Waals surface area contributed by atoms with Crippen molar-refractivity contribution in [3.05, 3.63) is 71.8 Å². The first kappa shape index (κ1) is 15.6. The molecule has 0 aliphatic carbocycles. The van der Waals surface area contributed by atoms with Crippen molar-refractivity contribution in [2.24, 2.45) is 0 Å². The lowest BCUT2D eigenvalue weighted by Crippen LogP contribution is -2.28. The Kier molecular flexibility index (Phi) is 4.78. The first-order chi connectivity index (χ1) is 11.7. The molecule has 120 valence electrons. The summed E-state index contributed by atoms with van der Waals surface area (Å²) in [5.74, 6) is 0. The number of hydrogen-bond acceptors (Lipinski definition) is 3. The van der Waals surface area contributed by atoms with Crippen LogP contribution in [0.3, 0.4) is 0 Å². The van der Waals surface area contributed by atoms with Gasteiger partial charge >= 0.3 is 6.03 Å². The van der Waals surface area contributed by atoms with Crippen molar-refractivity contribution in [3.63, 3.8) is 0 Å². The molecule has 1 aliphatic rings. The molecule has 0 saturated heterocycles. The molecule has 0 fully saturated rings. The van der Waals surface area contributed by atoms with Crippen molar-refractivity contribution in [1.29, 1.82) is 5.26 Å². The Morgan fingerprint density at radius 1 is 1.12 bits per heavy atom. The Morgan fingerprint density at radius 3 is 2.58 bits per heavy atom. The molecule has 0 atom stereocenters. The van der Waals surface area contributed by atoms with Gasteiger partial charge in [0.15, 0.2) is 0 Å². The summed E-state index contributed by atoms with van der Waals surface area (Å²) in [5.41, 5.74) is 3.33. The molecular formula is C19H18N4O. The second-order valence-electron chi connectivity index (χ2n) is 5.54. The zero-order valence-electron chi connectivity index (χ0n) is 13.2. The maximum atomic E-state index is 11.9. The van der Waals surface area contributed by atoms with Crippen molar-refractivity contribution in [2.75, 3.05) is 23.3 Å². The van der Waals surface area contributed by atoms with Crippen molar-refractivity contribution in [2.45, 2.75) is 6.54 Å². The molecule has 5 nitrogen and oxygen atoms in total. The molecular weight excluding hydrogens is 300 g/mol. The SMILES string of the molecule is N#Cc1cccc(NC(=O)NCc2ccc(N3CC=CC3)cc2)c1. The molecule has 1 aliphatic heterocycles. The highest BCUT2D eigenvalue weighted by Gasteiger charge is 2.07. The molecule has 0 unspecified atom stereocenters. The van der Waals surface area contributed by atoms with Gasteiger partial charge in [0.1, 0.15) is 0 Å². The van der Waals surface area contributed by atoms with E-state index < -0.39 is 0 Å². The number of nitriles is 1. The molecule has 0 bridgehead atoms. The fraction of sp³-hybridized carbons (Fsp3) is 0.158. The Hall–Kier alpha value is -3.26. The van der Waals surface area contributed by atoms with Gasteiger partial charge < -0.3 is 15.5 Å². The smallest absolute Gasteiger partial charge is 0.319 e. The van der Waals surface area contributed by atoms with Gasteiger partial charge in [0.2, 0.25) is 0 Å². The van der Waals surface area contributed by atoms with Gasteiger partial charge in [-0.3, -0.25) is 0 Å². The molecule has 3 rings (SSSR count). The maximum Gasteiger partial charge on any atom is 0.319 e. The normalized spacial score (nSPS) is 12.7. The predicted molar refractivity (Wildman–Crippen MR) is 94.8 cm³/mol. The molecule has 2 N–H and O–H groups in total. The number of nitrogens with zero attached hydrogens (tertiary/aromatic N) is 2. The minimum atomic E-state index is -0.294. The summed E-state index contributed by atoms with van der Waals surface area (Å²) in [6, 6.07) is 16.7. The molecule has 0 spiro atoms. The van der Waals surface area contributed by atoms with E-state index in [9.17, 15) is 4.79 Å². The Labute approximate surface area is 141 Å². The van der Waals surface area contributed by atoms with Crippen LogP contribution >= 0.6 is 0 Å². The Morgan fingerprint density at radius 2 is 1.88 bits per heavy atom. The third kappa shape index (κ3) is 3.93. The highest BCUT2D eigenvalue weighted by Crippen LogP contribution is 2.17. The highest BCUT2D eigenvalue weighted by molar-refractivity contribution is 5.89. The zero-order valence-corrected chi connectivity index (χ0v) is 13.2. The van der Waals surface area contributed by atoms with Gasteiger partial charge in [0.25, 0.3) is 0 Å². The summed E-state index contributed by atoms with van der Waals surface area (Å²) in [5, 5.41) is 14.4. The monoisotopic (exact) mass is 318 g/mol. The van der Waals surface area contributed by atoms with E-state index in [0.717, 1.165) is 18.7 Å². The lowest BCUT2D eigenvalue weighted by atomic mass is 10.2. The summed E-state index contributed by atoms with van der Waals surface area (Å²) in [6.07, 6.45) is 4.31. The highest BCUT2D eigenvalue weighted by atomic mass is 16.2. The first-order valence-corrected chi connectivity index (χ1v) is 7.78. The van der Waals surface area contributed by atoms with Gasteiger partial charge in [-0.15, -0.1) is 0 Å². The average molecular weight is 318 g/mol. The number of rotatable bonds is 4. The van der Waals surface area contributed by atoms with E-state index in [1.54, 1.807) is 24.3 Å². The standard InChI is InChI=1S/C19H18N4O/c20-13-16-4-3-5-17(12-16)22-19(24)21-14-15-6-8-18(9-7-15)23-10-1-2-11-23/h1-9,12H,10-11,14H2,(H2,21,22,24). The van der Waals surface area contributed by atoms with E-state index in [1.165, 1.54) is 5.69 Å². The van der Waals surface area contributed by atoms with Crippen molar-refractivity contribution in [1.82, 2.24) is 5.32 Å². The minimum Gasteiger partial charge on any atom is -0.364 e. The lowest BCUT2D eigenvalue weighted by Gasteiger charge is -2.17. The van der Waals surface area contributed by atoms with Gasteiger partial charge in [0, 0.05) is 31.0 Å². The molecule has 2 aromatic rings. The summed E-state index contributed by atoms with van der Waals surface area (Å²) in [6.45, 7) is 2.34. The quantitative estimate of drug-likeness (QED) is 0.850. The number of amides is 2. The Bertz CT molecular complexity index is 782. The summed E-state index contributed by atoms with van der Waals surface area (Å²) < 4.78 is 0. The number of nitrogens with one attached hydrogen (secondary N) is 2. The number of carbonyl (C=O) groups excluding carboxylic acids is 1. The maximum absolute atomic E-state index is 11.9. The Balaban J connectivity index is 1.51. The third-order valence-electron chi connectivity index (χ3n) is 3.82. The zero-order chi connectivity index (χ0) is 16.8. The molecule has 0 radical (unpaired) electrons. The summed E-state index contributed by atoms with van der Waals surface area (Å²) >= 11 is 0. The molecule has 1 heterocycles. The van der Waals surface area contributed by atoms with Crippen LogP contribution in [0.5, 0.6) is 0 Å². The molecule has 2 aromatic carbocycles. The van der Waals surface area contributed by atoms with Crippen molar-refractivity contribution in [3.8, 4) is 6.07 Å². The van der Waals surface area contributed by atoms with Crippen molar-refractivity contribution < 1.29 is 4.79 Å². The number of carbonyl (C=O) groups is 1. The molecule has 0 aromatic heterocycles. The molecule has 5 heteroatoms. The van der Waals surface area contributed by atoms with Gasteiger partial charge in [-0.2, -0.15) is 5.26 Å². The van der Waals surface area contributed by atoms with Crippen LogP contribution in [-0.2, 0) is 6.54 Å². The number of anilines is 2. The van der Waals surface area contributed by atoms with Crippen LogP contribution in [0.4, 0.5) is 16.2 Å². The van der Waals surface area contributed by atoms with Crippen LogP contribution in [-0.4, -0.2) is 19.1 Å². The van der Waals surface area contributed by atoms with Gasteiger partial charge in [0.05, 0.1) is 11.6 Å². The minimum absolute atomic E-state index is 0.294. The van der Waals surface area contributed by atoms with Crippen LogP contribution in [0, 0.1) is 11.3 Å². The largest absolute Gasteiger partial charge is 0.364 e. The van der Waals surface area contributed by atoms with E-state index >= 15 is 0 Å². The number of hydrogen-bond donors (Lipinski definition) is 2. The molecule has 0 saturated carbocycles. The van der Waals surface area contributed by atoms with Gasteiger partial charge in [-0.05, 0) is 35.9 Å². The van der Waals surface area contributed by atoms with E-state index in [1.807, 2.05) is 18.2 Å². The topological polar surface area (TPSA) is 68.2 Å². The van der Waals surface area contributed by atoms with E-state index in [-0.39, 0.29) is 6.03 Å². The first-order valence-electron chi connectivity index (χ1n) is 7.78. The predicted octanol–water partition coefficient (Wildman–Crippen LogP) is 3.26. The molecule has 2 amide bonds. The van der Waals surface area contributed by atoms with E-state index in [4.69, 9.17) is 5.26 Å². The van der Waals surface area contributed by atoms with Crippen molar-refractivity contribution >= 4 is 17.4 Å². The number of benzene rings is 2. The second-order valence-corrected chi connectivity index (χ2v) is 5.54. The fourth-order valence-corrected chi connectivity index (χ4v) is 2.54. The summed E-state index contributed by atoms with van der Waals surface area (Å²) in [7, 11) is 0. The third-order valence-corrected chi connectivity index (χ3v) is 3.82. The van der Waals surface area contributed by atoms with Gasteiger partial charge in [-0.1, -0.05) is 30.4 Å². The lowest BCUT2D eigenvalue weighted by molar-refractivity contribution is 0.251. The average Bonchev–Trinajstić information content (AvgIpc) is 3.15. The molecule has 24 heavy (non-hydrogen) atoms. The number of urea groups is 1. The summed E-state index contributed by atoms with van der Waals surface area (Å²) in [4.78, 5) is 14.2. The van der Waals surface area contributed by atoms with Crippen LogP contribution in [0.15, 0.2) is 60.7 Å². The van der Waals surface area contributed by atoms with Crippen LogP contribution in [0.2, 0.25) is 0 Å². The van der Waals surface area contributed by atoms with E-state index in [0.29, 0.717) is 17.8 Å². The van der Waals surface area contributed by atoms with Gasteiger partial charge in [-0.25, -0.2) is 4.79 Å². The van der Waals surface area contributed by atoms with Crippen LogP contribution < -0.4 is 15.5 Å². The van der Waals surface area contributed by atoms with Crippen LogP contribution in [0.1, 0.15) is 11.1 Å². The van der Waals surface area contributed by atoms with Crippen LogP contribution in [0.25, 0.3) is 0 Å². The second kappa shape index (κ2) is 7.34. The van der Waals surface area contributed by atoms with E-state index in [2.05, 4.69) is 39.8 Å².